The molecule has 0 N–H and O–H groups in total. The van der Waals surface area contributed by atoms with Gasteiger partial charge in [-0.15, -0.1) is 11.3 Å². The molecule has 1 saturated heterocycles. The third-order valence-corrected chi connectivity index (χ3v) is 3.67. The molecule has 1 aliphatic heterocycles. The number of thiophene rings is 1. The highest BCUT2D eigenvalue weighted by atomic mass is 35.5. The standard InChI is InChI=1S/C11H11ClN4OS/c12-10-13-9(8-2-1-7-18-8)14-11(15-10)16-3-5-17-6-4-16/h1-2,7H,3-6H2. The number of hydrogen-bond donors (Lipinski definition) is 0. The molecule has 0 amide bonds. The molecule has 1 fully saturated rings. The first-order chi connectivity index (χ1) is 8.83. The van der Waals surface area contributed by atoms with Gasteiger partial charge in [0.05, 0.1) is 18.1 Å². The van der Waals surface area contributed by atoms with Crippen molar-refractivity contribution in [1.82, 2.24) is 15.0 Å². The van der Waals surface area contributed by atoms with E-state index in [9.17, 15) is 0 Å². The van der Waals surface area contributed by atoms with E-state index in [1.165, 1.54) is 0 Å². The Labute approximate surface area is 113 Å². The zero-order valence-electron chi connectivity index (χ0n) is 9.54. The predicted octanol–water partition coefficient (Wildman–Crippen LogP) is 2.09. The fraction of sp³-hybridized carbons (Fsp3) is 0.364. The summed E-state index contributed by atoms with van der Waals surface area (Å²) < 4.78 is 5.31. The molecule has 0 spiro atoms. The van der Waals surface area contributed by atoms with Crippen molar-refractivity contribution < 1.29 is 4.74 Å². The van der Waals surface area contributed by atoms with Crippen molar-refractivity contribution >= 4 is 28.9 Å². The van der Waals surface area contributed by atoms with E-state index >= 15 is 0 Å². The zero-order chi connectivity index (χ0) is 12.4. The maximum absolute atomic E-state index is 5.97. The Balaban J connectivity index is 1.95. The van der Waals surface area contributed by atoms with Crippen LogP contribution in [0.1, 0.15) is 0 Å². The molecule has 5 nitrogen and oxygen atoms in total. The van der Waals surface area contributed by atoms with Crippen LogP contribution in [0.15, 0.2) is 17.5 Å². The van der Waals surface area contributed by atoms with E-state index in [4.69, 9.17) is 16.3 Å². The third-order valence-electron chi connectivity index (χ3n) is 2.63. The minimum atomic E-state index is 0.231. The lowest BCUT2D eigenvalue weighted by Gasteiger charge is -2.26. The molecule has 3 heterocycles. The molecule has 1 aliphatic rings. The van der Waals surface area contributed by atoms with Crippen molar-refractivity contribution in [2.75, 3.05) is 31.2 Å². The number of halogens is 1. The number of hydrogen-bond acceptors (Lipinski definition) is 6. The van der Waals surface area contributed by atoms with Crippen molar-refractivity contribution in [1.29, 1.82) is 0 Å². The summed E-state index contributed by atoms with van der Waals surface area (Å²) in [5.74, 6) is 1.26. The quantitative estimate of drug-likeness (QED) is 0.844. The molecule has 7 heteroatoms. The molecule has 3 rings (SSSR count). The monoisotopic (exact) mass is 282 g/mol. The first-order valence-electron chi connectivity index (χ1n) is 5.61. The lowest BCUT2D eigenvalue weighted by Crippen LogP contribution is -2.37. The van der Waals surface area contributed by atoms with Gasteiger partial charge in [0.1, 0.15) is 0 Å². The number of ether oxygens (including phenoxy) is 1. The van der Waals surface area contributed by atoms with Gasteiger partial charge < -0.3 is 9.64 Å². The van der Waals surface area contributed by atoms with Crippen LogP contribution >= 0.6 is 22.9 Å². The molecule has 0 aromatic carbocycles. The van der Waals surface area contributed by atoms with E-state index in [2.05, 4.69) is 19.9 Å². The van der Waals surface area contributed by atoms with E-state index in [1.54, 1.807) is 11.3 Å². The molecule has 0 radical (unpaired) electrons. The molecular weight excluding hydrogens is 272 g/mol. The summed E-state index contributed by atoms with van der Waals surface area (Å²) in [5.41, 5.74) is 0. The fourth-order valence-electron chi connectivity index (χ4n) is 1.76. The average Bonchev–Trinajstić information content (AvgIpc) is 2.93. The van der Waals surface area contributed by atoms with E-state index in [-0.39, 0.29) is 5.28 Å². The normalized spacial score (nSPS) is 15.9. The summed E-state index contributed by atoms with van der Waals surface area (Å²) in [6.45, 7) is 2.95. The molecule has 0 atom stereocenters. The van der Waals surface area contributed by atoms with Gasteiger partial charge in [-0.1, -0.05) is 6.07 Å². The summed E-state index contributed by atoms with van der Waals surface area (Å²) in [5, 5.41) is 2.22. The van der Waals surface area contributed by atoms with Gasteiger partial charge in [-0.3, -0.25) is 0 Å². The molecule has 0 bridgehead atoms. The summed E-state index contributed by atoms with van der Waals surface area (Å²) in [7, 11) is 0. The molecule has 0 unspecified atom stereocenters. The van der Waals surface area contributed by atoms with Crippen molar-refractivity contribution in [3.63, 3.8) is 0 Å². The first kappa shape index (κ1) is 11.8. The Bertz CT molecular complexity index is 528. The van der Waals surface area contributed by atoms with Crippen LogP contribution in [0.2, 0.25) is 5.28 Å². The summed E-state index contributed by atoms with van der Waals surface area (Å²) >= 11 is 7.56. The van der Waals surface area contributed by atoms with Gasteiger partial charge in [0, 0.05) is 13.1 Å². The third kappa shape index (κ3) is 2.45. The van der Waals surface area contributed by atoms with Gasteiger partial charge >= 0.3 is 0 Å². The Morgan fingerprint density at radius 2 is 2.06 bits per heavy atom. The van der Waals surface area contributed by atoms with E-state index in [0.717, 1.165) is 18.0 Å². The second-order valence-electron chi connectivity index (χ2n) is 3.80. The van der Waals surface area contributed by atoms with Gasteiger partial charge in [0.2, 0.25) is 11.2 Å². The molecule has 2 aromatic rings. The van der Waals surface area contributed by atoms with Crippen molar-refractivity contribution in [2.45, 2.75) is 0 Å². The number of morpholine rings is 1. The summed E-state index contributed by atoms with van der Waals surface area (Å²) in [4.78, 5) is 15.9. The summed E-state index contributed by atoms with van der Waals surface area (Å²) in [6.07, 6.45) is 0. The van der Waals surface area contributed by atoms with Crippen LogP contribution in [0, 0.1) is 0 Å². The largest absolute Gasteiger partial charge is 0.378 e. The van der Waals surface area contributed by atoms with Gasteiger partial charge in [0.15, 0.2) is 5.82 Å². The van der Waals surface area contributed by atoms with E-state index < -0.39 is 0 Å². The van der Waals surface area contributed by atoms with Crippen LogP contribution in [-0.2, 0) is 4.74 Å². The Kier molecular flexibility index (Phi) is 3.40. The minimum Gasteiger partial charge on any atom is -0.378 e. The van der Waals surface area contributed by atoms with Crippen LogP contribution in [0.5, 0.6) is 0 Å². The topological polar surface area (TPSA) is 51.1 Å². The second-order valence-corrected chi connectivity index (χ2v) is 5.09. The van der Waals surface area contributed by atoms with Crippen LogP contribution in [0.4, 0.5) is 5.95 Å². The maximum Gasteiger partial charge on any atom is 0.230 e. The molecule has 2 aromatic heterocycles. The van der Waals surface area contributed by atoms with Crippen LogP contribution in [-0.4, -0.2) is 41.3 Å². The van der Waals surface area contributed by atoms with Crippen molar-refractivity contribution in [2.24, 2.45) is 0 Å². The highest BCUT2D eigenvalue weighted by molar-refractivity contribution is 7.13. The highest BCUT2D eigenvalue weighted by Crippen LogP contribution is 2.24. The zero-order valence-corrected chi connectivity index (χ0v) is 11.1. The minimum absolute atomic E-state index is 0.231. The molecule has 0 aliphatic carbocycles. The van der Waals surface area contributed by atoms with Gasteiger partial charge in [-0.2, -0.15) is 15.0 Å². The van der Waals surface area contributed by atoms with E-state index in [1.807, 2.05) is 17.5 Å². The number of rotatable bonds is 2. The fourth-order valence-corrected chi connectivity index (χ4v) is 2.57. The molecule has 94 valence electrons. The van der Waals surface area contributed by atoms with Gasteiger partial charge in [-0.25, -0.2) is 0 Å². The lowest BCUT2D eigenvalue weighted by atomic mass is 10.4. The smallest absolute Gasteiger partial charge is 0.230 e. The first-order valence-corrected chi connectivity index (χ1v) is 6.87. The van der Waals surface area contributed by atoms with Gasteiger partial charge in [0.25, 0.3) is 0 Å². The number of nitrogens with zero attached hydrogens (tertiary/aromatic N) is 4. The van der Waals surface area contributed by atoms with Gasteiger partial charge in [-0.05, 0) is 23.0 Å². The van der Waals surface area contributed by atoms with Crippen LogP contribution in [0.25, 0.3) is 10.7 Å². The Morgan fingerprint density at radius 1 is 1.22 bits per heavy atom. The SMILES string of the molecule is Clc1nc(-c2cccs2)nc(N2CCOCC2)n1. The second kappa shape index (κ2) is 5.17. The predicted molar refractivity (Wildman–Crippen MR) is 71.2 cm³/mol. The van der Waals surface area contributed by atoms with E-state index in [0.29, 0.717) is 25.0 Å². The lowest BCUT2D eigenvalue weighted by molar-refractivity contribution is 0.122. The van der Waals surface area contributed by atoms with Crippen LogP contribution in [0.3, 0.4) is 0 Å². The summed E-state index contributed by atoms with van der Waals surface area (Å²) in [6, 6.07) is 3.94. The molecular formula is C11H11ClN4OS. The number of aromatic nitrogens is 3. The van der Waals surface area contributed by atoms with Crippen LogP contribution < -0.4 is 4.90 Å². The molecule has 0 saturated carbocycles. The average molecular weight is 283 g/mol. The maximum atomic E-state index is 5.97. The number of anilines is 1. The van der Waals surface area contributed by atoms with Crippen molar-refractivity contribution in [3.8, 4) is 10.7 Å². The Hall–Kier alpha value is -1.24. The molecule has 18 heavy (non-hydrogen) atoms. The van der Waals surface area contributed by atoms with Crippen molar-refractivity contribution in [3.05, 3.63) is 22.8 Å². The highest BCUT2D eigenvalue weighted by Gasteiger charge is 2.16. The Morgan fingerprint density at radius 3 is 2.78 bits per heavy atom.